The number of carbonyl (C=O) groups is 1. The number of nitrogens with one attached hydrogen (secondary N) is 1. The molecule has 162 valence electrons. The summed E-state index contributed by atoms with van der Waals surface area (Å²) < 4.78 is 7.00. The molecule has 1 heterocycles. The third kappa shape index (κ3) is 6.85. The van der Waals surface area contributed by atoms with Crippen molar-refractivity contribution < 1.29 is 9.53 Å². The highest BCUT2D eigenvalue weighted by atomic mass is 79.9. The molecule has 1 unspecified atom stereocenters. The van der Waals surface area contributed by atoms with Gasteiger partial charge in [0.2, 0.25) is 5.91 Å². The summed E-state index contributed by atoms with van der Waals surface area (Å²) in [5.41, 5.74) is 2.24. The highest BCUT2D eigenvalue weighted by Gasteiger charge is 2.22. The number of carbonyl (C=O) groups excluding carboxylic acids is 1. The standard InChI is InChI=1S/C25H33BrN2O2/c1-18(2)25(29)27-23-8-4-6-21(14-23)20-10-12-28(13-11-20)16-19(3)17-30-24-9-5-7-22(26)15-24/h4-9,14-15,18-20H,10-13,16-17H2,1-3H3,(H,27,29). The summed E-state index contributed by atoms with van der Waals surface area (Å²) in [4.78, 5) is 14.5. The maximum absolute atomic E-state index is 12.0. The van der Waals surface area contributed by atoms with Crippen molar-refractivity contribution in [3.8, 4) is 5.75 Å². The number of ether oxygens (including phenoxy) is 1. The largest absolute Gasteiger partial charge is 0.493 e. The van der Waals surface area contributed by atoms with E-state index in [4.69, 9.17) is 4.74 Å². The molecule has 3 rings (SSSR count). The lowest BCUT2D eigenvalue weighted by atomic mass is 9.89. The smallest absolute Gasteiger partial charge is 0.226 e. The predicted molar refractivity (Wildman–Crippen MR) is 127 cm³/mol. The van der Waals surface area contributed by atoms with Crippen molar-refractivity contribution in [2.45, 2.75) is 39.5 Å². The quantitative estimate of drug-likeness (QED) is 0.516. The minimum atomic E-state index is -0.00808. The van der Waals surface area contributed by atoms with Gasteiger partial charge in [0.15, 0.2) is 0 Å². The summed E-state index contributed by atoms with van der Waals surface area (Å²) in [6.07, 6.45) is 2.31. The molecule has 1 aliphatic heterocycles. The van der Waals surface area contributed by atoms with Gasteiger partial charge < -0.3 is 15.0 Å². The lowest BCUT2D eigenvalue weighted by molar-refractivity contribution is -0.118. The van der Waals surface area contributed by atoms with E-state index in [0.717, 1.165) is 55.0 Å². The third-order valence-corrected chi connectivity index (χ3v) is 6.13. The van der Waals surface area contributed by atoms with E-state index in [9.17, 15) is 4.79 Å². The molecular weight excluding hydrogens is 440 g/mol. The number of nitrogens with zero attached hydrogens (tertiary/aromatic N) is 1. The minimum absolute atomic E-state index is 0.00808. The van der Waals surface area contributed by atoms with Gasteiger partial charge in [-0.05, 0) is 67.7 Å². The summed E-state index contributed by atoms with van der Waals surface area (Å²) in [5, 5.41) is 3.02. The second kappa shape index (κ2) is 11.0. The van der Waals surface area contributed by atoms with Crippen molar-refractivity contribution >= 4 is 27.5 Å². The van der Waals surface area contributed by atoms with E-state index < -0.39 is 0 Å². The molecule has 1 N–H and O–H groups in total. The van der Waals surface area contributed by atoms with Gasteiger partial charge in [0.1, 0.15) is 5.75 Å². The summed E-state index contributed by atoms with van der Waals surface area (Å²) >= 11 is 3.49. The number of hydrogen-bond donors (Lipinski definition) is 1. The van der Waals surface area contributed by atoms with E-state index in [1.54, 1.807) is 0 Å². The van der Waals surface area contributed by atoms with E-state index >= 15 is 0 Å². The molecular formula is C25H33BrN2O2. The Morgan fingerprint density at radius 3 is 2.57 bits per heavy atom. The van der Waals surface area contributed by atoms with E-state index in [1.807, 2.05) is 44.2 Å². The Hall–Kier alpha value is -1.85. The van der Waals surface area contributed by atoms with Gasteiger partial charge in [-0.1, -0.05) is 54.9 Å². The first-order valence-corrected chi connectivity index (χ1v) is 11.7. The van der Waals surface area contributed by atoms with Gasteiger partial charge in [0.25, 0.3) is 0 Å². The van der Waals surface area contributed by atoms with Crippen molar-refractivity contribution in [2.24, 2.45) is 11.8 Å². The predicted octanol–water partition coefficient (Wildman–Crippen LogP) is 5.94. The topological polar surface area (TPSA) is 41.6 Å². The van der Waals surface area contributed by atoms with Crippen LogP contribution in [0.25, 0.3) is 0 Å². The summed E-state index contributed by atoms with van der Waals surface area (Å²) in [5.74, 6) is 2.02. The zero-order chi connectivity index (χ0) is 21.5. The summed E-state index contributed by atoms with van der Waals surface area (Å²) in [6, 6.07) is 16.4. The third-order valence-electron chi connectivity index (χ3n) is 5.64. The molecule has 0 aliphatic carbocycles. The van der Waals surface area contributed by atoms with Crippen LogP contribution in [-0.2, 0) is 4.79 Å². The average molecular weight is 473 g/mol. The van der Waals surface area contributed by atoms with Gasteiger partial charge in [-0.3, -0.25) is 4.79 Å². The maximum Gasteiger partial charge on any atom is 0.226 e. The van der Waals surface area contributed by atoms with Crippen LogP contribution in [0, 0.1) is 11.8 Å². The van der Waals surface area contributed by atoms with Crippen LogP contribution in [0.3, 0.4) is 0 Å². The highest BCUT2D eigenvalue weighted by Crippen LogP contribution is 2.30. The SMILES string of the molecule is CC(COc1cccc(Br)c1)CN1CCC(c2cccc(NC(=O)C(C)C)c2)CC1. The van der Waals surface area contributed by atoms with Crippen LogP contribution >= 0.6 is 15.9 Å². The Bertz CT molecular complexity index is 831. The lowest BCUT2D eigenvalue weighted by Crippen LogP contribution is -2.37. The minimum Gasteiger partial charge on any atom is -0.493 e. The molecule has 0 bridgehead atoms. The Morgan fingerprint density at radius 1 is 1.13 bits per heavy atom. The number of halogens is 1. The zero-order valence-corrected chi connectivity index (χ0v) is 19.8. The molecule has 2 aromatic carbocycles. The van der Waals surface area contributed by atoms with Gasteiger partial charge in [0, 0.05) is 28.5 Å². The first kappa shape index (κ1) is 22.8. The van der Waals surface area contributed by atoms with Gasteiger partial charge in [-0.2, -0.15) is 0 Å². The van der Waals surface area contributed by atoms with Crippen LogP contribution in [0.5, 0.6) is 5.75 Å². The molecule has 2 aromatic rings. The second-order valence-electron chi connectivity index (χ2n) is 8.72. The number of rotatable bonds is 8. The van der Waals surface area contributed by atoms with Crippen molar-refractivity contribution in [3.05, 3.63) is 58.6 Å². The van der Waals surface area contributed by atoms with E-state index in [0.29, 0.717) is 11.8 Å². The molecule has 1 saturated heterocycles. The number of anilines is 1. The fourth-order valence-electron chi connectivity index (χ4n) is 3.89. The first-order chi connectivity index (χ1) is 14.4. The molecule has 1 fully saturated rings. The van der Waals surface area contributed by atoms with Gasteiger partial charge in [-0.15, -0.1) is 0 Å². The fourth-order valence-corrected chi connectivity index (χ4v) is 4.27. The molecule has 5 heteroatoms. The maximum atomic E-state index is 12.0. The number of benzene rings is 2. The molecule has 30 heavy (non-hydrogen) atoms. The van der Waals surface area contributed by atoms with Crippen molar-refractivity contribution in [2.75, 3.05) is 31.6 Å². The lowest BCUT2D eigenvalue weighted by Gasteiger charge is -2.33. The molecule has 0 aromatic heterocycles. The second-order valence-corrected chi connectivity index (χ2v) is 9.63. The highest BCUT2D eigenvalue weighted by molar-refractivity contribution is 9.10. The van der Waals surface area contributed by atoms with Crippen LogP contribution in [0.15, 0.2) is 53.0 Å². The van der Waals surface area contributed by atoms with Crippen molar-refractivity contribution in [1.29, 1.82) is 0 Å². The average Bonchev–Trinajstić information content (AvgIpc) is 2.73. The number of amides is 1. The normalized spacial score (nSPS) is 16.4. The number of hydrogen-bond acceptors (Lipinski definition) is 3. The number of likely N-dealkylation sites (tertiary alicyclic amines) is 1. The summed E-state index contributed by atoms with van der Waals surface area (Å²) in [7, 11) is 0. The Morgan fingerprint density at radius 2 is 1.87 bits per heavy atom. The van der Waals surface area contributed by atoms with Gasteiger partial charge in [-0.25, -0.2) is 0 Å². The van der Waals surface area contributed by atoms with Crippen molar-refractivity contribution in [1.82, 2.24) is 4.90 Å². The Kier molecular flexibility index (Phi) is 8.34. The van der Waals surface area contributed by atoms with Crippen molar-refractivity contribution in [3.63, 3.8) is 0 Å². The zero-order valence-electron chi connectivity index (χ0n) is 18.2. The monoisotopic (exact) mass is 472 g/mol. The molecule has 0 saturated carbocycles. The first-order valence-electron chi connectivity index (χ1n) is 10.9. The van der Waals surface area contributed by atoms with Gasteiger partial charge in [0.05, 0.1) is 6.61 Å². The summed E-state index contributed by atoms with van der Waals surface area (Å²) in [6.45, 7) is 10.1. The fraction of sp³-hybridized carbons (Fsp3) is 0.480. The van der Waals surface area contributed by atoms with Crippen LogP contribution in [0.2, 0.25) is 0 Å². The molecule has 1 amide bonds. The molecule has 0 radical (unpaired) electrons. The van der Waals surface area contributed by atoms with Crippen LogP contribution in [0.1, 0.15) is 45.1 Å². The van der Waals surface area contributed by atoms with Crippen LogP contribution in [0.4, 0.5) is 5.69 Å². The van der Waals surface area contributed by atoms with Crippen LogP contribution in [-0.4, -0.2) is 37.0 Å². The number of piperidine rings is 1. The molecule has 1 aliphatic rings. The van der Waals surface area contributed by atoms with Gasteiger partial charge >= 0.3 is 0 Å². The molecule has 0 spiro atoms. The Balaban J connectivity index is 1.45. The van der Waals surface area contributed by atoms with E-state index in [1.165, 1.54) is 5.56 Å². The van der Waals surface area contributed by atoms with Crippen LogP contribution < -0.4 is 10.1 Å². The molecule has 1 atom stereocenters. The molecule has 4 nitrogen and oxygen atoms in total. The van der Waals surface area contributed by atoms with E-state index in [-0.39, 0.29) is 11.8 Å². The Labute approximate surface area is 189 Å². The van der Waals surface area contributed by atoms with E-state index in [2.05, 4.69) is 51.3 Å².